The van der Waals surface area contributed by atoms with Crippen molar-refractivity contribution in [1.29, 1.82) is 0 Å². The minimum Gasteiger partial charge on any atom is -0.385 e. The van der Waals surface area contributed by atoms with Gasteiger partial charge in [-0.2, -0.15) is 0 Å². The Balaban J connectivity index is 2.71. The van der Waals surface area contributed by atoms with E-state index in [1.54, 1.807) is 0 Å². The highest BCUT2D eigenvalue weighted by Gasteiger charge is 2.16. The van der Waals surface area contributed by atoms with Gasteiger partial charge in [0.15, 0.2) is 0 Å². The van der Waals surface area contributed by atoms with Gasteiger partial charge in [0.2, 0.25) is 0 Å². The van der Waals surface area contributed by atoms with Gasteiger partial charge in [-0.05, 0) is 44.5 Å². The van der Waals surface area contributed by atoms with Crippen molar-refractivity contribution in [3.8, 4) is 0 Å². The van der Waals surface area contributed by atoms with Crippen LogP contribution in [0.15, 0.2) is 24.3 Å². The number of benzene rings is 1. The van der Waals surface area contributed by atoms with Gasteiger partial charge in [-0.15, -0.1) is 0 Å². The van der Waals surface area contributed by atoms with Gasteiger partial charge in [-0.1, -0.05) is 13.3 Å². The number of hydrogen-bond acceptors (Lipinski definition) is 2. The number of hydrogen-bond donors (Lipinski definition) is 1. The lowest BCUT2D eigenvalue weighted by Crippen LogP contribution is -2.34. The standard InChI is InChI=1S/C15H24N2O/c1-5-7-12(3)17(4)15(18)13-8-10-14(11-9-13)16-6-2/h8-12,16H,5-7H2,1-4H3. The second kappa shape index (κ2) is 7.04. The Morgan fingerprint density at radius 1 is 1.28 bits per heavy atom. The van der Waals surface area contributed by atoms with E-state index in [9.17, 15) is 4.79 Å². The van der Waals surface area contributed by atoms with Crippen molar-refractivity contribution in [2.45, 2.75) is 39.7 Å². The number of anilines is 1. The fourth-order valence-corrected chi connectivity index (χ4v) is 1.95. The molecule has 0 heterocycles. The van der Waals surface area contributed by atoms with Crippen LogP contribution in [0.3, 0.4) is 0 Å². The zero-order valence-corrected chi connectivity index (χ0v) is 11.9. The molecule has 0 spiro atoms. The minimum absolute atomic E-state index is 0.0963. The summed E-state index contributed by atoms with van der Waals surface area (Å²) in [5.74, 6) is 0.0963. The van der Waals surface area contributed by atoms with Gasteiger partial charge in [0, 0.05) is 30.9 Å². The Morgan fingerprint density at radius 2 is 1.89 bits per heavy atom. The average Bonchev–Trinajstić information content (AvgIpc) is 2.38. The summed E-state index contributed by atoms with van der Waals surface area (Å²) in [7, 11) is 1.88. The largest absolute Gasteiger partial charge is 0.385 e. The van der Waals surface area contributed by atoms with Crippen LogP contribution in [0.2, 0.25) is 0 Å². The number of carbonyl (C=O) groups is 1. The van der Waals surface area contributed by atoms with Gasteiger partial charge < -0.3 is 10.2 Å². The average molecular weight is 248 g/mol. The molecule has 0 aromatic heterocycles. The molecule has 1 rings (SSSR count). The summed E-state index contributed by atoms with van der Waals surface area (Å²) in [5, 5.41) is 3.22. The van der Waals surface area contributed by atoms with Gasteiger partial charge in [-0.3, -0.25) is 4.79 Å². The summed E-state index contributed by atoms with van der Waals surface area (Å²) in [6.07, 6.45) is 2.13. The van der Waals surface area contributed by atoms with Crippen LogP contribution < -0.4 is 5.32 Å². The van der Waals surface area contributed by atoms with Crippen molar-refractivity contribution in [3.05, 3.63) is 29.8 Å². The summed E-state index contributed by atoms with van der Waals surface area (Å²) >= 11 is 0. The predicted octanol–water partition coefficient (Wildman–Crippen LogP) is 3.38. The van der Waals surface area contributed by atoms with Gasteiger partial charge >= 0.3 is 0 Å². The SMILES string of the molecule is CCCC(C)N(C)C(=O)c1ccc(NCC)cc1. The number of nitrogens with one attached hydrogen (secondary N) is 1. The van der Waals surface area contributed by atoms with Crippen LogP contribution in [0.1, 0.15) is 44.0 Å². The van der Waals surface area contributed by atoms with Crippen LogP contribution in [0.5, 0.6) is 0 Å². The monoisotopic (exact) mass is 248 g/mol. The molecule has 0 aliphatic carbocycles. The lowest BCUT2D eigenvalue weighted by Gasteiger charge is -2.24. The highest BCUT2D eigenvalue weighted by atomic mass is 16.2. The molecule has 1 aromatic rings. The van der Waals surface area contributed by atoms with Crippen LogP contribution in [0.4, 0.5) is 5.69 Å². The second-order valence-corrected chi connectivity index (χ2v) is 4.66. The summed E-state index contributed by atoms with van der Waals surface area (Å²) in [4.78, 5) is 14.1. The fourth-order valence-electron chi connectivity index (χ4n) is 1.95. The molecule has 0 saturated carbocycles. The first kappa shape index (κ1) is 14.6. The van der Waals surface area contributed by atoms with Gasteiger partial charge in [-0.25, -0.2) is 0 Å². The van der Waals surface area contributed by atoms with E-state index >= 15 is 0 Å². The smallest absolute Gasteiger partial charge is 0.253 e. The van der Waals surface area contributed by atoms with Crippen molar-refractivity contribution in [2.24, 2.45) is 0 Å². The summed E-state index contributed by atoms with van der Waals surface area (Å²) in [6, 6.07) is 7.96. The van der Waals surface area contributed by atoms with Gasteiger partial charge in [0.1, 0.15) is 0 Å². The van der Waals surface area contributed by atoms with Crippen molar-refractivity contribution < 1.29 is 4.79 Å². The van der Waals surface area contributed by atoms with E-state index in [0.29, 0.717) is 0 Å². The van der Waals surface area contributed by atoms with Crippen molar-refractivity contribution in [1.82, 2.24) is 4.90 Å². The molecule has 100 valence electrons. The van der Waals surface area contributed by atoms with Crippen LogP contribution in [0, 0.1) is 0 Å². The molecule has 1 unspecified atom stereocenters. The van der Waals surface area contributed by atoms with Crippen LogP contribution in [-0.4, -0.2) is 30.4 Å². The van der Waals surface area contributed by atoms with E-state index in [-0.39, 0.29) is 11.9 Å². The molecule has 0 aliphatic rings. The zero-order chi connectivity index (χ0) is 13.5. The van der Waals surface area contributed by atoms with Crippen molar-refractivity contribution in [2.75, 3.05) is 18.9 Å². The molecule has 1 N–H and O–H groups in total. The van der Waals surface area contributed by atoms with E-state index in [0.717, 1.165) is 30.6 Å². The Kier molecular flexibility index (Phi) is 5.69. The maximum Gasteiger partial charge on any atom is 0.253 e. The molecule has 18 heavy (non-hydrogen) atoms. The minimum atomic E-state index is 0.0963. The van der Waals surface area contributed by atoms with E-state index < -0.39 is 0 Å². The lowest BCUT2D eigenvalue weighted by molar-refractivity contribution is 0.0737. The van der Waals surface area contributed by atoms with E-state index in [2.05, 4.69) is 26.1 Å². The third-order valence-electron chi connectivity index (χ3n) is 3.20. The maximum atomic E-state index is 12.2. The third kappa shape index (κ3) is 3.76. The highest BCUT2D eigenvalue weighted by molar-refractivity contribution is 5.94. The molecule has 3 heteroatoms. The molecular formula is C15H24N2O. The molecule has 0 radical (unpaired) electrons. The predicted molar refractivity (Wildman–Crippen MR) is 77.1 cm³/mol. The Bertz CT molecular complexity index is 373. The van der Waals surface area contributed by atoms with Crippen molar-refractivity contribution >= 4 is 11.6 Å². The summed E-state index contributed by atoms with van der Waals surface area (Å²) in [5.41, 5.74) is 1.81. The second-order valence-electron chi connectivity index (χ2n) is 4.66. The first-order chi connectivity index (χ1) is 8.60. The van der Waals surface area contributed by atoms with E-state index in [4.69, 9.17) is 0 Å². The molecular weight excluding hydrogens is 224 g/mol. The summed E-state index contributed by atoms with van der Waals surface area (Å²) in [6.45, 7) is 7.18. The Labute approximate surface area is 110 Å². The number of nitrogens with zero attached hydrogens (tertiary/aromatic N) is 1. The maximum absolute atomic E-state index is 12.2. The molecule has 1 aromatic carbocycles. The van der Waals surface area contributed by atoms with Gasteiger partial charge in [0.25, 0.3) is 5.91 Å². The fraction of sp³-hybridized carbons (Fsp3) is 0.533. The van der Waals surface area contributed by atoms with Crippen LogP contribution >= 0.6 is 0 Å². The Morgan fingerprint density at radius 3 is 2.39 bits per heavy atom. The molecule has 0 fully saturated rings. The number of rotatable bonds is 6. The molecule has 1 amide bonds. The van der Waals surface area contributed by atoms with Crippen LogP contribution in [-0.2, 0) is 0 Å². The third-order valence-corrected chi connectivity index (χ3v) is 3.20. The van der Waals surface area contributed by atoms with E-state index in [1.165, 1.54) is 0 Å². The molecule has 0 bridgehead atoms. The first-order valence-corrected chi connectivity index (χ1v) is 6.71. The topological polar surface area (TPSA) is 32.3 Å². The normalized spacial score (nSPS) is 12.0. The van der Waals surface area contributed by atoms with Crippen LogP contribution in [0.25, 0.3) is 0 Å². The quantitative estimate of drug-likeness (QED) is 0.837. The molecule has 0 aliphatic heterocycles. The van der Waals surface area contributed by atoms with Crippen molar-refractivity contribution in [3.63, 3.8) is 0 Å². The number of carbonyl (C=O) groups excluding carboxylic acids is 1. The number of amides is 1. The zero-order valence-electron chi connectivity index (χ0n) is 11.9. The highest BCUT2D eigenvalue weighted by Crippen LogP contribution is 2.13. The van der Waals surface area contributed by atoms with Gasteiger partial charge in [0.05, 0.1) is 0 Å². The summed E-state index contributed by atoms with van der Waals surface area (Å²) < 4.78 is 0. The lowest BCUT2D eigenvalue weighted by atomic mass is 10.1. The Hall–Kier alpha value is -1.51. The molecule has 3 nitrogen and oxygen atoms in total. The molecule has 1 atom stereocenters. The van der Waals surface area contributed by atoms with E-state index in [1.807, 2.05) is 36.2 Å². The molecule has 0 saturated heterocycles. The first-order valence-electron chi connectivity index (χ1n) is 6.71.